The Morgan fingerprint density at radius 3 is 2.33 bits per heavy atom. The van der Waals surface area contributed by atoms with Crippen LogP contribution in [0.4, 0.5) is 0 Å². The predicted molar refractivity (Wildman–Crippen MR) is 92.2 cm³/mol. The highest BCUT2D eigenvalue weighted by atomic mass is 35.5. The fraction of sp³-hybridized carbons (Fsp3) is 0.368. The zero-order valence-electron chi connectivity index (χ0n) is 13.3. The maximum atomic E-state index is 6.50. The van der Waals surface area contributed by atoms with Crippen LogP contribution in [-0.4, -0.2) is 6.54 Å². The van der Waals surface area contributed by atoms with E-state index in [0.717, 1.165) is 18.0 Å². The van der Waals surface area contributed by atoms with Gasteiger partial charge < -0.3 is 5.32 Å². The largest absolute Gasteiger partial charge is 0.310 e. The zero-order chi connectivity index (χ0) is 15.4. The number of aryl methyl sites for hydroxylation is 3. The second-order valence-corrected chi connectivity index (χ2v) is 6.11. The highest BCUT2D eigenvalue weighted by Crippen LogP contribution is 2.29. The Kier molecular flexibility index (Phi) is 5.44. The predicted octanol–water partition coefficient (Wildman–Crippen LogP) is 5.16. The van der Waals surface area contributed by atoms with Gasteiger partial charge in [0, 0.05) is 11.1 Å². The minimum Gasteiger partial charge on any atom is -0.310 e. The molecule has 0 aliphatic rings. The molecule has 2 aromatic carbocycles. The summed E-state index contributed by atoms with van der Waals surface area (Å²) in [6.45, 7) is 9.49. The van der Waals surface area contributed by atoms with Gasteiger partial charge in [-0.1, -0.05) is 48.9 Å². The van der Waals surface area contributed by atoms with Crippen LogP contribution >= 0.6 is 11.6 Å². The van der Waals surface area contributed by atoms with Gasteiger partial charge in [-0.2, -0.15) is 0 Å². The van der Waals surface area contributed by atoms with Crippen molar-refractivity contribution in [2.75, 3.05) is 6.54 Å². The second kappa shape index (κ2) is 7.11. The summed E-state index contributed by atoms with van der Waals surface area (Å²) in [6, 6.07) is 13.1. The van der Waals surface area contributed by atoms with E-state index in [0.29, 0.717) is 0 Å². The molecule has 2 heteroatoms. The summed E-state index contributed by atoms with van der Waals surface area (Å²) in [6.07, 6.45) is 0.961. The third-order valence-electron chi connectivity index (χ3n) is 4.12. The Balaban J connectivity index is 2.35. The van der Waals surface area contributed by atoms with E-state index >= 15 is 0 Å². The third kappa shape index (κ3) is 3.87. The number of hydrogen-bond donors (Lipinski definition) is 1. The molecule has 0 heterocycles. The molecule has 0 saturated carbocycles. The summed E-state index contributed by atoms with van der Waals surface area (Å²) in [4.78, 5) is 0. The zero-order valence-corrected chi connectivity index (χ0v) is 14.1. The van der Waals surface area contributed by atoms with E-state index in [1.54, 1.807) is 0 Å². The van der Waals surface area contributed by atoms with Crippen LogP contribution in [0.1, 0.15) is 40.8 Å². The molecule has 0 radical (unpaired) electrons. The smallest absolute Gasteiger partial charge is 0.0456 e. The summed E-state index contributed by atoms with van der Waals surface area (Å²) < 4.78 is 0. The molecule has 1 atom stereocenters. The van der Waals surface area contributed by atoms with Gasteiger partial charge in [-0.3, -0.25) is 0 Å². The van der Waals surface area contributed by atoms with E-state index in [-0.39, 0.29) is 6.04 Å². The number of likely N-dealkylation sites (N-methyl/N-ethyl adjacent to an activating group) is 1. The van der Waals surface area contributed by atoms with Gasteiger partial charge in [-0.15, -0.1) is 0 Å². The number of halogens is 1. The fourth-order valence-electron chi connectivity index (χ4n) is 2.67. The van der Waals surface area contributed by atoms with Gasteiger partial charge in [-0.05, 0) is 67.6 Å². The van der Waals surface area contributed by atoms with Crippen LogP contribution in [0.15, 0.2) is 36.4 Å². The van der Waals surface area contributed by atoms with Crippen molar-refractivity contribution in [2.45, 2.75) is 40.2 Å². The molecule has 2 rings (SSSR count). The molecule has 0 spiro atoms. The van der Waals surface area contributed by atoms with E-state index in [4.69, 9.17) is 11.6 Å². The first-order valence-electron chi connectivity index (χ1n) is 7.57. The first-order valence-corrected chi connectivity index (χ1v) is 7.95. The third-order valence-corrected chi connectivity index (χ3v) is 4.45. The van der Waals surface area contributed by atoms with Crippen LogP contribution in [0.2, 0.25) is 5.02 Å². The van der Waals surface area contributed by atoms with E-state index < -0.39 is 0 Å². The van der Waals surface area contributed by atoms with Crippen molar-refractivity contribution in [3.05, 3.63) is 69.2 Å². The van der Waals surface area contributed by atoms with Crippen LogP contribution < -0.4 is 5.32 Å². The van der Waals surface area contributed by atoms with Gasteiger partial charge in [0.15, 0.2) is 0 Å². The first-order chi connectivity index (χ1) is 10.0. The molecule has 0 fully saturated rings. The minimum atomic E-state index is 0.253. The van der Waals surface area contributed by atoms with Crippen LogP contribution in [0.5, 0.6) is 0 Å². The monoisotopic (exact) mass is 301 g/mol. The highest BCUT2D eigenvalue weighted by molar-refractivity contribution is 6.31. The molecular weight excluding hydrogens is 278 g/mol. The molecule has 1 unspecified atom stereocenters. The molecule has 1 N–H and O–H groups in total. The summed E-state index contributed by atoms with van der Waals surface area (Å²) in [7, 11) is 0. The van der Waals surface area contributed by atoms with Crippen LogP contribution in [0.25, 0.3) is 0 Å². The SMILES string of the molecule is CCNC(Cc1ccccc1C)c1cc(C)c(C)cc1Cl. The lowest BCUT2D eigenvalue weighted by Crippen LogP contribution is -2.23. The van der Waals surface area contributed by atoms with Crippen molar-refractivity contribution >= 4 is 11.6 Å². The molecule has 0 aliphatic carbocycles. The molecule has 2 aromatic rings. The molecule has 21 heavy (non-hydrogen) atoms. The fourth-order valence-corrected chi connectivity index (χ4v) is 3.02. The summed E-state index contributed by atoms with van der Waals surface area (Å²) in [5.41, 5.74) is 6.44. The molecule has 1 nitrogen and oxygen atoms in total. The van der Waals surface area contributed by atoms with Crippen molar-refractivity contribution in [3.63, 3.8) is 0 Å². The lowest BCUT2D eigenvalue weighted by molar-refractivity contribution is 0.548. The Bertz CT molecular complexity index is 619. The summed E-state index contributed by atoms with van der Waals surface area (Å²) >= 11 is 6.50. The quantitative estimate of drug-likeness (QED) is 0.804. The van der Waals surface area contributed by atoms with Gasteiger partial charge in [-0.25, -0.2) is 0 Å². The average molecular weight is 302 g/mol. The van der Waals surface area contributed by atoms with Crippen molar-refractivity contribution in [1.82, 2.24) is 5.32 Å². The molecule has 0 saturated heterocycles. The molecule has 0 aromatic heterocycles. The summed E-state index contributed by atoms with van der Waals surface area (Å²) in [5.74, 6) is 0. The highest BCUT2D eigenvalue weighted by Gasteiger charge is 2.16. The minimum absolute atomic E-state index is 0.253. The van der Waals surface area contributed by atoms with E-state index in [2.05, 4.69) is 69.4 Å². The van der Waals surface area contributed by atoms with Gasteiger partial charge in [0.1, 0.15) is 0 Å². The number of benzene rings is 2. The molecule has 112 valence electrons. The van der Waals surface area contributed by atoms with E-state index in [9.17, 15) is 0 Å². The van der Waals surface area contributed by atoms with Gasteiger partial charge in [0.25, 0.3) is 0 Å². The Morgan fingerprint density at radius 1 is 1.00 bits per heavy atom. The molecule has 0 amide bonds. The van der Waals surface area contributed by atoms with Crippen LogP contribution in [-0.2, 0) is 6.42 Å². The first kappa shape index (κ1) is 16.1. The number of nitrogens with one attached hydrogen (secondary N) is 1. The molecular formula is C19H24ClN. The maximum absolute atomic E-state index is 6.50. The Labute approximate surface area is 133 Å². The normalized spacial score (nSPS) is 12.4. The van der Waals surface area contributed by atoms with Crippen LogP contribution in [0.3, 0.4) is 0 Å². The van der Waals surface area contributed by atoms with E-state index in [1.807, 2.05) is 0 Å². The van der Waals surface area contributed by atoms with Gasteiger partial charge >= 0.3 is 0 Å². The van der Waals surface area contributed by atoms with Crippen molar-refractivity contribution in [2.24, 2.45) is 0 Å². The van der Waals surface area contributed by atoms with Crippen LogP contribution in [0, 0.1) is 20.8 Å². The standard InChI is InChI=1S/C19H24ClN/c1-5-21-19(12-16-9-7-6-8-13(16)2)17-10-14(3)15(4)11-18(17)20/h6-11,19,21H,5,12H2,1-4H3. The van der Waals surface area contributed by atoms with Crippen molar-refractivity contribution < 1.29 is 0 Å². The van der Waals surface area contributed by atoms with Gasteiger partial charge in [0.2, 0.25) is 0 Å². The maximum Gasteiger partial charge on any atom is 0.0456 e. The molecule has 0 bridgehead atoms. The summed E-state index contributed by atoms with van der Waals surface area (Å²) in [5, 5.41) is 4.44. The topological polar surface area (TPSA) is 12.0 Å². The lowest BCUT2D eigenvalue weighted by Gasteiger charge is -2.22. The number of rotatable bonds is 5. The second-order valence-electron chi connectivity index (χ2n) is 5.70. The van der Waals surface area contributed by atoms with Crippen molar-refractivity contribution in [3.8, 4) is 0 Å². The van der Waals surface area contributed by atoms with E-state index in [1.165, 1.54) is 27.8 Å². The lowest BCUT2D eigenvalue weighted by atomic mass is 9.94. The molecule has 0 aliphatic heterocycles. The Hall–Kier alpha value is -1.31. The number of hydrogen-bond acceptors (Lipinski definition) is 1. The van der Waals surface area contributed by atoms with Crippen molar-refractivity contribution in [1.29, 1.82) is 0 Å². The van der Waals surface area contributed by atoms with Gasteiger partial charge in [0.05, 0.1) is 0 Å². The average Bonchev–Trinajstić information content (AvgIpc) is 2.45. The Morgan fingerprint density at radius 2 is 1.67 bits per heavy atom.